The summed E-state index contributed by atoms with van der Waals surface area (Å²) in [5.41, 5.74) is 0.657. The molecule has 0 fully saturated rings. The van der Waals surface area contributed by atoms with Crippen LogP contribution >= 0.6 is 11.6 Å². The van der Waals surface area contributed by atoms with E-state index in [0.717, 1.165) is 0 Å². The van der Waals surface area contributed by atoms with Crippen molar-refractivity contribution >= 4 is 34.8 Å². The van der Waals surface area contributed by atoms with Gasteiger partial charge in [0.2, 0.25) is 5.76 Å². The number of rotatable bonds is 2. The predicted octanol–water partition coefficient (Wildman–Crippen LogP) is 2.60. The lowest BCUT2D eigenvalue weighted by Crippen LogP contribution is -1.91. The molecule has 0 saturated carbocycles. The minimum absolute atomic E-state index is 0.199. The number of benzene rings is 1. The maximum absolute atomic E-state index is 10.6. The van der Waals surface area contributed by atoms with E-state index < -0.39 is 5.97 Å². The Kier molecular flexibility index (Phi) is 2.21. The van der Waals surface area contributed by atoms with Crippen molar-refractivity contribution in [1.82, 2.24) is 0 Å². The van der Waals surface area contributed by atoms with Gasteiger partial charge >= 0.3 is 5.97 Å². The Bertz CT molecular complexity index is 556. The average Bonchev–Trinajstić information content (AvgIpc) is 2.63. The molecule has 0 aliphatic carbocycles. The number of fused-ring (bicyclic) bond motifs is 1. The molecule has 2 rings (SSSR count). The number of carbonyl (C=O) groups is 2. The molecule has 0 bridgehead atoms. The van der Waals surface area contributed by atoms with E-state index in [4.69, 9.17) is 21.1 Å². The van der Waals surface area contributed by atoms with Gasteiger partial charge in [-0.25, -0.2) is 4.79 Å². The Morgan fingerprint density at radius 2 is 2.20 bits per heavy atom. The van der Waals surface area contributed by atoms with Crippen LogP contribution in [0, 0.1) is 0 Å². The highest BCUT2D eigenvalue weighted by Gasteiger charge is 2.14. The maximum Gasteiger partial charge on any atom is 0.371 e. The van der Waals surface area contributed by atoms with E-state index in [1.165, 1.54) is 18.2 Å². The van der Waals surface area contributed by atoms with Crippen molar-refractivity contribution in [3.8, 4) is 0 Å². The molecule has 0 saturated heterocycles. The summed E-state index contributed by atoms with van der Waals surface area (Å²) in [6.45, 7) is 0. The molecule has 0 radical (unpaired) electrons. The van der Waals surface area contributed by atoms with Crippen molar-refractivity contribution in [2.75, 3.05) is 0 Å². The van der Waals surface area contributed by atoms with Gasteiger partial charge in [-0.15, -0.1) is 0 Å². The van der Waals surface area contributed by atoms with Gasteiger partial charge in [-0.3, -0.25) is 4.79 Å². The second kappa shape index (κ2) is 3.40. The van der Waals surface area contributed by atoms with Crippen LogP contribution < -0.4 is 0 Å². The fourth-order valence-corrected chi connectivity index (χ4v) is 1.55. The Labute approximate surface area is 89.1 Å². The minimum atomic E-state index is -1.17. The van der Waals surface area contributed by atoms with Crippen LogP contribution in [-0.2, 0) is 0 Å². The molecule has 1 N–H and O–H groups in total. The molecule has 0 aliphatic rings. The third-order valence-corrected chi connectivity index (χ3v) is 2.42. The fourth-order valence-electron chi connectivity index (χ4n) is 1.29. The number of carboxylic acid groups (broad SMARTS) is 1. The van der Waals surface area contributed by atoms with Gasteiger partial charge < -0.3 is 9.52 Å². The number of hydrogen-bond acceptors (Lipinski definition) is 3. The van der Waals surface area contributed by atoms with Crippen LogP contribution in [0.4, 0.5) is 0 Å². The van der Waals surface area contributed by atoms with Gasteiger partial charge in [-0.05, 0) is 12.1 Å². The molecule has 5 heteroatoms. The third kappa shape index (κ3) is 1.49. The van der Waals surface area contributed by atoms with E-state index in [1.807, 2.05) is 0 Å². The molecule has 15 heavy (non-hydrogen) atoms. The molecule has 1 heterocycles. The SMILES string of the molecule is O=Cc1ccc2oc(C(=O)O)cc2c1Cl. The molecule has 0 aliphatic heterocycles. The zero-order chi connectivity index (χ0) is 11.0. The first kappa shape index (κ1) is 9.73. The number of halogens is 1. The van der Waals surface area contributed by atoms with Gasteiger partial charge in [-0.2, -0.15) is 0 Å². The monoisotopic (exact) mass is 224 g/mol. The lowest BCUT2D eigenvalue weighted by atomic mass is 10.2. The second-order valence-corrected chi connectivity index (χ2v) is 3.29. The van der Waals surface area contributed by atoms with Gasteiger partial charge in [0.15, 0.2) is 6.29 Å². The summed E-state index contributed by atoms with van der Waals surface area (Å²) in [5.74, 6) is -1.37. The normalized spacial score (nSPS) is 10.5. The van der Waals surface area contributed by atoms with E-state index >= 15 is 0 Å². The molecule has 0 spiro atoms. The van der Waals surface area contributed by atoms with E-state index in [2.05, 4.69) is 0 Å². The fraction of sp³-hybridized carbons (Fsp3) is 0. The first-order chi connectivity index (χ1) is 7.13. The maximum atomic E-state index is 10.6. The van der Waals surface area contributed by atoms with Gasteiger partial charge in [0.25, 0.3) is 0 Å². The number of carbonyl (C=O) groups excluding carboxylic acids is 1. The first-order valence-electron chi connectivity index (χ1n) is 4.04. The molecule has 1 aromatic heterocycles. The van der Waals surface area contributed by atoms with Crippen LogP contribution in [0.15, 0.2) is 22.6 Å². The average molecular weight is 225 g/mol. The molecular formula is C10H5ClO4. The van der Waals surface area contributed by atoms with E-state index in [-0.39, 0.29) is 10.8 Å². The third-order valence-electron chi connectivity index (χ3n) is 2.00. The summed E-state index contributed by atoms with van der Waals surface area (Å²) in [6, 6.07) is 4.29. The minimum Gasteiger partial charge on any atom is -0.475 e. The van der Waals surface area contributed by atoms with Crippen LogP contribution in [0.3, 0.4) is 0 Å². The lowest BCUT2D eigenvalue weighted by Gasteiger charge is -1.95. The van der Waals surface area contributed by atoms with Crippen LogP contribution in [0.1, 0.15) is 20.9 Å². The van der Waals surface area contributed by atoms with Crippen molar-refractivity contribution in [1.29, 1.82) is 0 Å². The number of hydrogen-bond donors (Lipinski definition) is 1. The Balaban J connectivity index is 2.76. The Morgan fingerprint density at radius 1 is 1.47 bits per heavy atom. The largest absolute Gasteiger partial charge is 0.475 e. The van der Waals surface area contributed by atoms with E-state index in [9.17, 15) is 9.59 Å². The van der Waals surface area contributed by atoms with E-state index in [0.29, 0.717) is 22.8 Å². The smallest absolute Gasteiger partial charge is 0.371 e. The zero-order valence-corrected chi connectivity index (χ0v) is 8.12. The van der Waals surface area contributed by atoms with Crippen molar-refractivity contribution < 1.29 is 19.1 Å². The summed E-state index contributed by atoms with van der Waals surface area (Å²) in [6.07, 6.45) is 0.606. The van der Waals surface area contributed by atoms with E-state index in [1.54, 1.807) is 0 Å². The topological polar surface area (TPSA) is 67.5 Å². The highest BCUT2D eigenvalue weighted by Crippen LogP contribution is 2.29. The molecule has 0 atom stereocenters. The molecule has 2 aromatic rings. The summed E-state index contributed by atoms with van der Waals surface area (Å²) in [7, 11) is 0. The lowest BCUT2D eigenvalue weighted by molar-refractivity contribution is 0.0665. The summed E-state index contributed by atoms with van der Waals surface area (Å²) in [5, 5.41) is 9.33. The number of aromatic carboxylic acids is 1. The number of furan rings is 1. The highest BCUT2D eigenvalue weighted by molar-refractivity contribution is 6.37. The summed E-state index contributed by atoms with van der Waals surface area (Å²) < 4.78 is 5.01. The number of aldehydes is 1. The summed E-state index contributed by atoms with van der Waals surface area (Å²) >= 11 is 5.88. The zero-order valence-electron chi connectivity index (χ0n) is 7.36. The second-order valence-electron chi connectivity index (χ2n) is 2.91. The molecule has 0 unspecified atom stereocenters. The predicted molar refractivity (Wildman–Crippen MR) is 53.6 cm³/mol. The standard InChI is InChI=1S/C10H5ClO4/c11-9-5(4-12)1-2-7-6(9)3-8(15-7)10(13)14/h1-4H,(H,13,14). The van der Waals surface area contributed by atoms with Crippen LogP contribution in [0.5, 0.6) is 0 Å². The Morgan fingerprint density at radius 3 is 2.80 bits per heavy atom. The first-order valence-corrected chi connectivity index (χ1v) is 4.42. The van der Waals surface area contributed by atoms with Crippen molar-refractivity contribution in [3.63, 3.8) is 0 Å². The van der Waals surface area contributed by atoms with Crippen molar-refractivity contribution in [3.05, 3.63) is 34.5 Å². The van der Waals surface area contributed by atoms with Crippen LogP contribution in [-0.4, -0.2) is 17.4 Å². The molecule has 76 valence electrons. The van der Waals surface area contributed by atoms with Gasteiger partial charge in [-0.1, -0.05) is 11.6 Å². The van der Waals surface area contributed by atoms with Crippen LogP contribution in [0.25, 0.3) is 11.0 Å². The van der Waals surface area contributed by atoms with Crippen molar-refractivity contribution in [2.45, 2.75) is 0 Å². The van der Waals surface area contributed by atoms with Crippen molar-refractivity contribution in [2.24, 2.45) is 0 Å². The molecule has 0 amide bonds. The van der Waals surface area contributed by atoms with Gasteiger partial charge in [0.1, 0.15) is 5.58 Å². The molecule has 1 aromatic carbocycles. The van der Waals surface area contributed by atoms with Gasteiger partial charge in [0, 0.05) is 17.0 Å². The molecular weight excluding hydrogens is 220 g/mol. The number of carboxylic acids is 1. The molecule has 4 nitrogen and oxygen atoms in total. The van der Waals surface area contributed by atoms with Gasteiger partial charge in [0.05, 0.1) is 5.02 Å². The Hall–Kier alpha value is -1.81. The summed E-state index contributed by atoms with van der Waals surface area (Å²) in [4.78, 5) is 21.2. The quantitative estimate of drug-likeness (QED) is 0.796. The highest BCUT2D eigenvalue weighted by atomic mass is 35.5. The van der Waals surface area contributed by atoms with Crippen LogP contribution in [0.2, 0.25) is 5.02 Å².